The van der Waals surface area contributed by atoms with Crippen molar-refractivity contribution in [2.24, 2.45) is 0 Å². The number of amides is 1. The summed E-state index contributed by atoms with van der Waals surface area (Å²) in [5, 5.41) is 15.9. The van der Waals surface area contributed by atoms with Gasteiger partial charge in [-0.2, -0.15) is 5.10 Å². The van der Waals surface area contributed by atoms with Crippen LogP contribution in [0.25, 0.3) is 5.69 Å². The Balaban J connectivity index is 1.66. The van der Waals surface area contributed by atoms with Gasteiger partial charge in [0.2, 0.25) is 0 Å². The maximum Gasteiger partial charge on any atom is 0.328 e. The number of nitrogens with one attached hydrogen (secondary N) is 1. The maximum absolute atomic E-state index is 12.3. The van der Waals surface area contributed by atoms with E-state index in [-0.39, 0.29) is 17.6 Å². The predicted octanol–water partition coefficient (Wildman–Crippen LogP) is 2.81. The fraction of sp³-hybridized carbons (Fsp3) is 0.211. The molecule has 2 heterocycles. The molecule has 0 bridgehead atoms. The van der Waals surface area contributed by atoms with Gasteiger partial charge in [0.25, 0.3) is 5.91 Å². The molecule has 1 amide bonds. The summed E-state index contributed by atoms with van der Waals surface area (Å²) in [6.45, 7) is 3.39. The average molecular weight is 352 g/mol. The van der Waals surface area contributed by atoms with Gasteiger partial charge in [0, 0.05) is 24.3 Å². The lowest BCUT2D eigenvalue weighted by Gasteiger charge is -2.14. The first kappa shape index (κ1) is 17.5. The second-order valence-electron chi connectivity index (χ2n) is 6.07. The van der Waals surface area contributed by atoms with Crippen LogP contribution in [0.1, 0.15) is 42.0 Å². The second-order valence-corrected chi connectivity index (χ2v) is 6.07. The number of aliphatic carboxylic acids is 1. The topological polar surface area (TPSA) is 89.2 Å². The van der Waals surface area contributed by atoms with E-state index >= 15 is 0 Å². The van der Waals surface area contributed by atoms with Crippen LogP contribution in [0.4, 0.5) is 0 Å². The summed E-state index contributed by atoms with van der Waals surface area (Å²) in [6, 6.07) is 12.3. The van der Waals surface area contributed by atoms with E-state index in [1.165, 1.54) is 23.9 Å². The number of carbonyl (C=O) groups is 2. The third-order valence-corrected chi connectivity index (χ3v) is 4.24. The molecule has 0 aliphatic heterocycles. The van der Waals surface area contributed by atoms with Crippen LogP contribution < -0.4 is 5.32 Å². The predicted molar refractivity (Wildman–Crippen MR) is 96.2 cm³/mol. The summed E-state index contributed by atoms with van der Waals surface area (Å²) < 4.78 is 3.26. The number of rotatable bonds is 6. The molecular formula is C19H20N4O3. The molecule has 1 aromatic carbocycles. The van der Waals surface area contributed by atoms with Crippen molar-refractivity contribution in [3.05, 3.63) is 72.3 Å². The Hall–Kier alpha value is -3.35. The third-order valence-electron chi connectivity index (χ3n) is 4.24. The van der Waals surface area contributed by atoms with Crippen molar-refractivity contribution in [2.75, 3.05) is 0 Å². The zero-order chi connectivity index (χ0) is 18.7. The molecule has 0 radical (unpaired) electrons. The van der Waals surface area contributed by atoms with Crippen LogP contribution in [-0.4, -0.2) is 31.3 Å². The molecule has 3 aromatic rings. The maximum atomic E-state index is 12.3. The van der Waals surface area contributed by atoms with E-state index in [0.717, 1.165) is 11.3 Å². The van der Waals surface area contributed by atoms with Gasteiger partial charge < -0.3 is 15.0 Å². The van der Waals surface area contributed by atoms with Gasteiger partial charge >= 0.3 is 5.97 Å². The molecule has 0 spiro atoms. The quantitative estimate of drug-likeness (QED) is 0.714. The summed E-state index contributed by atoms with van der Waals surface area (Å²) in [6.07, 6.45) is 5.42. The highest BCUT2D eigenvalue weighted by atomic mass is 16.4. The van der Waals surface area contributed by atoms with Crippen molar-refractivity contribution in [3.63, 3.8) is 0 Å². The zero-order valence-corrected chi connectivity index (χ0v) is 14.5. The Labute approximate surface area is 150 Å². The van der Waals surface area contributed by atoms with Crippen LogP contribution in [0, 0.1) is 0 Å². The van der Waals surface area contributed by atoms with Crippen molar-refractivity contribution in [1.82, 2.24) is 19.7 Å². The normalized spacial score (nSPS) is 13.2. The molecule has 2 atom stereocenters. The molecule has 3 rings (SSSR count). The summed E-state index contributed by atoms with van der Waals surface area (Å²) in [7, 11) is 0. The van der Waals surface area contributed by atoms with E-state index in [0.29, 0.717) is 0 Å². The summed E-state index contributed by atoms with van der Waals surface area (Å²) in [5.74, 6) is -1.35. The van der Waals surface area contributed by atoms with E-state index in [4.69, 9.17) is 5.11 Å². The lowest BCUT2D eigenvalue weighted by molar-refractivity contribution is -0.140. The fourth-order valence-corrected chi connectivity index (χ4v) is 2.58. The van der Waals surface area contributed by atoms with Gasteiger partial charge in [-0.15, -0.1) is 0 Å². The smallest absolute Gasteiger partial charge is 0.328 e. The minimum atomic E-state index is -1.00. The van der Waals surface area contributed by atoms with Gasteiger partial charge in [-0.3, -0.25) is 9.48 Å². The van der Waals surface area contributed by atoms with Crippen molar-refractivity contribution in [2.45, 2.75) is 25.9 Å². The number of aromatic nitrogens is 3. The Bertz CT molecular complexity index is 897. The van der Waals surface area contributed by atoms with E-state index in [1.807, 2.05) is 60.3 Å². The van der Waals surface area contributed by atoms with E-state index in [1.54, 1.807) is 0 Å². The third kappa shape index (κ3) is 3.66. The highest BCUT2D eigenvalue weighted by Crippen LogP contribution is 2.16. The molecule has 0 saturated carbocycles. The highest BCUT2D eigenvalue weighted by molar-refractivity contribution is 5.92. The van der Waals surface area contributed by atoms with Crippen LogP contribution in [-0.2, 0) is 4.79 Å². The fourth-order valence-electron chi connectivity index (χ4n) is 2.58. The Kier molecular flexibility index (Phi) is 4.88. The molecule has 7 nitrogen and oxygen atoms in total. The first-order valence-electron chi connectivity index (χ1n) is 8.28. The summed E-state index contributed by atoms with van der Waals surface area (Å²) in [5.41, 5.74) is 2.19. The number of carboxylic acids is 1. The number of carbonyl (C=O) groups excluding carboxylic acids is 1. The first-order valence-corrected chi connectivity index (χ1v) is 8.28. The summed E-state index contributed by atoms with van der Waals surface area (Å²) in [4.78, 5) is 23.3. The molecule has 0 saturated heterocycles. The van der Waals surface area contributed by atoms with Crippen molar-refractivity contribution >= 4 is 11.9 Å². The zero-order valence-electron chi connectivity index (χ0n) is 14.5. The van der Waals surface area contributed by atoms with Crippen LogP contribution in [0.15, 0.2) is 61.1 Å². The molecular weight excluding hydrogens is 332 g/mol. The minimum absolute atomic E-state index is 0.189. The number of hydrogen-bond acceptors (Lipinski definition) is 3. The number of carboxylic acid groups (broad SMARTS) is 1. The molecule has 26 heavy (non-hydrogen) atoms. The highest BCUT2D eigenvalue weighted by Gasteiger charge is 2.18. The van der Waals surface area contributed by atoms with Gasteiger partial charge in [-0.05, 0) is 49.7 Å². The first-order chi connectivity index (χ1) is 12.5. The largest absolute Gasteiger partial charge is 0.480 e. The molecule has 0 fully saturated rings. The van der Waals surface area contributed by atoms with Crippen molar-refractivity contribution in [3.8, 4) is 5.69 Å². The van der Waals surface area contributed by atoms with Gasteiger partial charge in [0.1, 0.15) is 11.7 Å². The van der Waals surface area contributed by atoms with E-state index < -0.39 is 12.0 Å². The van der Waals surface area contributed by atoms with Gasteiger partial charge in [-0.1, -0.05) is 12.1 Å². The van der Waals surface area contributed by atoms with Crippen LogP contribution >= 0.6 is 0 Å². The van der Waals surface area contributed by atoms with Gasteiger partial charge in [0.15, 0.2) is 0 Å². The van der Waals surface area contributed by atoms with E-state index in [9.17, 15) is 9.59 Å². The Morgan fingerprint density at radius 3 is 2.31 bits per heavy atom. The average Bonchev–Trinajstić information content (AvgIpc) is 3.33. The lowest BCUT2D eigenvalue weighted by Crippen LogP contribution is -2.27. The SMILES string of the molecule is CC(NC(=O)c1ccn(C(C)C(=O)O)n1)c1ccc(-n2cccc2)cc1. The van der Waals surface area contributed by atoms with Crippen LogP contribution in [0.3, 0.4) is 0 Å². The second kappa shape index (κ2) is 7.26. The van der Waals surface area contributed by atoms with Gasteiger partial charge in [0.05, 0.1) is 6.04 Å². The Morgan fingerprint density at radius 1 is 1.04 bits per heavy atom. The lowest BCUT2D eigenvalue weighted by atomic mass is 10.1. The minimum Gasteiger partial charge on any atom is -0.480 e. The van der Waals surface area contributed by atoms with Gasteiger partial charge in [-0.25, -0.2) is 4.79 Å². The number of benzene rings is 1. The van der Waals surface area contributed by atoms with Crippen LogP contribution in [0.5, 0.6) is 0 Å². The number of hydrogen-bond donors (Lipinski definition) is 2. The molecule has 7 heteroatoms. The molecule has 2 N–H and O–H groups in total. The van der Waals surface area contributed by atoms with Crippen molar-refractivity contribution in [1.29, 1.82) is 0 Å². The molecule has 0 aliphatic rings. The molecule has 2 aromatic heterocycles. The van der Waals surface area contributed by atoms with E-state index in [2.05, 4.69) is 10.4 Å². The summed E-state index contributed by atoms with van der Waals surface area (Å²) >= 11 is 0. The standard InChI is InChI=1S/C19H20N4O3/c1-13(15-5-7-16(8-6-15)22-10-3-4-11-22)20-18(24)17-9-12-23(21-17)14(2)19(25)26/h3-14H,1-2H3,(H,20,24)(H,25,26). The monoisotopic (exact) mass is 352 g/mol. The molecule has 134 valence electrons. The Morgan fingerprint density at radius 2 is 1.69 bits per heavy atom. The molecule has 0 aliphatic carbocycles. The molecule has 2 unspecified atom stereocenters. The number of nitrogens with zero attached hydrogens (tertiary/aromatic N) is 3. The van der Waals surface area contributed by atoms with Crippen LogP contribution in [0.2, 0.25) is 0 Å². The van der Waals surface area contributed by atoms with Crippen molar-refractivity contribution < 1.29 is 14.7 Å².